The van der Waals surface area contributed by atoms with Crippen LogP contribution in [0.4, 0.5) is 5.95 Å². The predicted octanol–water partition coefficient (Wildman–Crippen LogP) is 1.54. The average molecular weight is 437 g/mol. The van der Waals surface area contributed by atoms with Crippen molar-refractivity contribution in [2.75, 3.05) is 44.7 Å². The summed E-state index contributed by atoms with van der Waals surface area (Å²) >= 11 is 0. The highest BCUT2D eigenvalue weighted by atomic mass is 16.2. The Labute approximate surface area is 189 Å². The van der Waals surface area contributed by atoms with Gasteiger partial charge in [-0.2, -0.15) is 0 Å². The third-order valence-corrected chi connectivity index (χ3v) is 6.74. The number of nitrogens with one attached hydrogen (secondary N) is 1. The molecule has 170 valence electrons. The van der Waals surface area contributed by atoms with Crippen molar-refractivity contribution < 1.29 is 9.59 Å². The van der Waals surface area contributed by atoms with E-state index in [4.69, 9.17) is 0 Å². The van der Waals surface area contributed by atoms with E-state index in [0.29, 0.717) is 19.0 Å². The van der Waals surface area contributed by atoms with Crippen LogP contribution in [0.25, 0.3) is 0 Å². The van der Waals surface area contributed by atoms with Crippen molar-refractivity contribution in [3.63, 3.8) is 0 Å². The number of anilines is 1. The number of benzene rings is 1. The smallest absolute Gasteiger partial charge is 0.243 e. The molecule has 8 nitrogen and oxygen atoms in total. The summed E-state index contributed by atoms with van der Waals surface area (Å²) in [5, 5.41) is 2.76. The Morgan fingerprint density at radius 1 is 1.03 bits per heavy atom. The lowest BCUT2D eigenvalue weighted by Crippen LogP contribution is -2.63. The highest BCUT2D eigenvalue weighted by Crippen LogP contribution is 2.35. The van der Waals surface area contributed by atoms with E-state index >= 15 is 0 Å². The second kappa shape index (κ2) is 9.65. The first-order valence-corrected chi connectivity index (χ1v) is 11.3. The maximum absolute atomic E-state index is 13.7. The van der Waals surface area contributed by atoms with E-state index in [-0.39, 0.29) is 11.8 Å². The van der Waals surface area contributed by atoms with Crippen molar-refractivity contribution in [2.24, 2.45) is 5.41 Å². The van der Waals surface area contributed by atoms with Gasteiger partial charge in [0, 0.05) is 64.1 Å². The van der Waals surface area contributed by atoms with Crippen molar-refractivity contribution in [3.05, 3.63) is 54.4 Å². The van der Waals surface area contributed by atoms with E-state index in [1.807, 2.05) is 30.0 Å². The molecule has 3 heterocycles. The van der Waals surface area contributed by atoms with Gasteiger partial charge in [0.2, 0.25) is 17.8 Å². The van der Waals surface area contributed by atoms with Crippen molar-refractivity contribution in [1.29, 1.82) is 0 Å². The largest absolute Gasteiger partial charge is 0.357 e. The van der Waals surface area contributed by atoms with Crippen molar-refractivity contribution >= 4 is 17.8 Å². The molecule has 2 aliphatic heterocycles. The van der Waals surface area contributed by atoms with Gasteiger partial charge in [0.15, 0.2) is 0 Å². The molecule has 2 fully saturated rings. The molecule has 2 aromatic rings. The Balaban J connectivity index is 1.43. The number of piperidine rings is 1. The molecule has 1 atom stereocenters. The summed E-state index contributed by atoms with van der Waals surface area (Å²) in [5.74, 6) is 0.689. The zero-order valence-electron chi connectivity index (χ0n) is 18.9. The van der Waals surface area contributed by atoms with Gasteiger partial charge in [-0.15, -0.1) is 0 Å². The number of carbonyl (C=O) groups excluding carboxylic acids is 2. The van der Waals surface area contributed by atoms with Gasteiger partial charge >= 0.3 is 0 Å². The molecular weight excluding hydrogens is 404 g/mol. The summed E-state index contributed by atoms with van der Waals surface area (Å²) < 4.78 is 0. The van der Waals surface area contributed by atoms with Crippen LogP contribution in [0.5, 0.6) is 0 Å². The number of nitrogens with zero attached hydrogens (tertiary/aromatic N) is 5. The standard InChI is InChI=1S/C24H32N6O2/c1-24(9-13-29(14-10-24)23-26-11-6-12-27-23)22(32)30-16-15-28(18-20(30)21(31)25-2)17-19-7-4-3-5-8-19/h3-8,11-12,20H,9-10,13-18H2,1-2H3,(H,25,31)/t20-/m1/s1. The Kier molecular flexibility index (Phi) is 6.69. The van der Waals surface area contributed by atoms with Crippen LogP contribution in [0.1, 0.15) is 25.3 Å². The highest BCUT2D eigenvalue weighted by Gasteiger charge is 2.44. The first-order valence-electron chi connectivity index (χ1n) is 11.3. The van der Waals surface area contributed by atoms with Crippen LogP contribution in [-0.2, 0) is 16.1 Å². The van der Waals surface area contributed by atoms with Crippen LogP contribution in [-0.4, -0.2) is 77.4 Å². The van der Waals surface area contributed by atoms with Crippen molar-refractivity contribution in [2.45, 2.75) is 32.4 Å². The van der Waals surface area contributed by atoms with E-state index in [1.165, 1.54) is 5.56 Å². The Morgan fingerprint density at radius 2 is 1.72 bits per heavy atom. The Bertz CT molecular complexity index is 915. The van der Waals surface area contributed by atoms with Gasteiger partial charge in [0.05, 0.1) is 0 Å². The summed E-state index contributed by atoms with van der Waals surface area (Å²) in [5.41, 5.74) is 0.726. The summed E-state index contributed by atoms with van der Waals surface area (Å²) in [6.07, 6.45) is 4.91. The summed E-state index contributed by atoms with van der Waals surface area (Å²) in [4.78, 5) is 41.3. The predicted molar refractivity (Wildman–Crippen MR) is 123 cm³/mol. The molecule has 0 spiro atoms. The minimum absolute atomic E-state index is 0.0825. The average Bonchev–Trinajstić information content (AvgIpc) is 2.84. The number of likely N-dealkylation sites (N-methyl/N-ethyl adjacent to an activating group) is 1. The highest BCUT2D eigenvalue weighted by molar-refractivity contribution is 5.90. The fourth-order valence-electron chi connectivity index (χ4n) is 4.67. The quantitative estimate of drug-likeness (QED) is 0.766. The number of rotatable bonds is 5. The topological polar surface area (TPSA) is 81.7 Å². The van der Waals surface area contributed by atoms with Gasteiger partial charge in [-0.25, -0.2) is 9.97 Å². The lowest BCUT2D eigenvalue weighted by Gasteiger charge is -2.46. The van der Waals surface area contributed by atoms with Crippen LogP contribution >= 0.6 is 0 Å². The summed E-state index contributed by atoms with van der Waals surface area (Å²) in [7, 11) is 1.64. The van der Waals surface area contributed by atoms with Gasteiger partial charge in [0.1, 0.15) is 6.04 Å². The first-order chi connectivity index (χ1) is 15.5. The Hall–Kier alpha value is -3.00. The third-order valence-electron chi connectivity index (χ3n) is 6.74. The second-order valence-electron chi connectivity index (χ2n) is 8.95. The Morgan fingerprint density at radius 3 is 2.38 bits per heavy atom. The minimum atomic E-state index is -0.487. The number of hydrogen-bond acceptors (Lipinski definition) is 6. The van der Waals surface area contributed by atoms with Crippen LogP contribution in [0.3, 0.4) is 0 Å². The number of amides is 2. The number of carbonyl (C=O) groups is 2. The maximum Gasteiger partial charge on any atom is 0.243 e. The van der Waals surface area contributed by atoms with E-state index in [9.17, 15) is 9.59 Å². The monoisotopic (exact) mass is 436 g/mol. The van der Waals surface area contributed by atoms with Gasteiger partial charge < -0.3 is 15.1 Å². The molecule has 0 radical (unpaired) electrons. The van der Waals surface area contributed by atoms with E-state index in [2.05, 4.69) is 37.2 Å². The van der Waals surface area contributed by atoms with Gasteiger partial charge in [-0.1, -0.05) is 37.3 Å². The summed E-state index contributed by atoms with van der Waals surface area (Å²) in [6.45, 7) is 6.13. The minimum Gasteiger partial charge on any atom is -0.357 e. The molecule has 2 amide bonds. The van der Waals surface area contributed by atoms with Gasteiger partial charge in [-0.3, -0.25) is 14.5 Å². The number of hydrogen-bond donors (Lipinski definition) is 1. The molecule has 1 N–H and O–H groups in total. The molecule has 0 aliphatic carbocycles. The molecule has 2 aliphatic rings. The lowest BCUT2D eigenvalue weighted by molar-refractivity contribution is -0.152. The normalized spacial score (nSPS) is 21.2. The second-order valence-corrected chi connectivity index (χ2v) is 8.95. The van der Waals surface area contributed by atoms with E-state index in [0.717, 1.165) is 39.0 Å². The lowest BCUT2D eigenvalue weighted by atomic mass is 9.78. The molecule has 0 bridgehead atoms. The van der Waals surface area contributed by atoms with E-state index < -0.39 is 11.5 Å². The van der Waals surface area contributed by atoms with Crippen LogP contribution in [0.15, 0.2) is 48.8 Å². The molecule has 4 rings (SSSR count). The number of piperazine rings is 1. The molecule has 32 heavy (non-hydrogen) atoms. The van der Waals surface area contributed by atoms with Crippen LogP contribution in [0, 0.1) is 5.41 Å². The molecular formula is C24H32N6O2. The van der Waals surface area contributed by atoms with Crippen molar-refractivity contribution in [3.8, 4) is 0 Å². The fourth-order valence-corrected chi connectivity index (χ4v) is 4.67. The SMILES string of the molecule is CNC(=O)[C@H]1CN(Cc2ccccc2)CCN1C(=O)C1(C)CCN(c2ncccn2)CC1. The van der Waals surface area contributed by atoms with Gasteiger partial charge in [-0.05, 0) is 24.5 Å². The van der Waals surface area contributed by atoms with Crippen LogP contribution < -0.4 is 10.2 Å². The molecule has 1 aromatic carbocycles. The zero-order valence-corrected chi connectivity index (χ0v) is 18.9. The van der Waals surface area contributed by atoms with Crippen LogP contribution in [0.2, 0.25) is 0 Å². The molecule has 0 unspecified atom stereocenters. The molecule has 0 saturated carbocycles. The molecule has 2 saturated heterocycles. The van der Waals surface area contributed by atoms with Crippen molar-refractivity contribution in [1.82, 2.24) is 25.1 Å². The maximum atomic E-state index is 13.7. The molecule has 8 heteroatoms. The van der Waals surface area contributed by atoms with Gasteiger partial charge in [0.25, 0.3) is 0 Å². The zero-order chi connectivity index (χ0) is 22.6. The summed E-state index contributed by atoms with van der Waals surface area (Å²) in [6, 6.07) is 11.6. The first kappa shape index (κ1) is 22.2. The fraction of sp³-hybridized carbons (Fsp3) is 0.500. The third kappa shape index (κ3) is 4.75. The molecule has 1 aromatic heterocycles. The van der Waals surface area contributed by atoms with E-state index in [1.54, 1.807) is 25.5 Å². The number of aromatic nitrogens is 2.